The summed E-state index contributed by atoms with van der Waals surface area (Å²) in [6.07, 6.45) is 3.42. The predicted molar refractivity (Wildman–Crippen MR) is 49.0 cm³/mol. The lowest BCUT2D eigenvalue weighted by molar-refractivity contribution is 1.30. The van der Waals surface area contributed by atoms with E-state index in [2.05, 4.69) is 16.6 Å². The number of aromatic nitrogens is 1. The molecule has 0 aliphatic carbocycles. The number of rotatable bonds is 1. The van der Waals surface area contributed by atoms with E-state index < -0.39 is 0 Å². The summed E-state index contributed by atoms with van der Waals surface area (Å²) >= 11 is 5.80. The second kappa shape index (κ2) is 3.39. The highest BCUT2D eigenvalue weighted by molar-refractivity contribution is 6.45. The SMILES string of the molecule is C=c1cc[nH]/c1=C(Cl)/N=C\C. The minimum absolute atomic E-state index is 0.447. The second-order valence-corrected chi connectivity index (χ2v) is 2.41. The quantitative estimate of drug-likeness (QED) is 0.475. The highest BCUT2D eigenvalue weighted by atomic mass is 35.5. The van der Waals surface area contributed by atoms with Crippen molar-refractivity contribution < 1.29 is 0 Å². The maximum absolute atomic E-state index is 5.80. The molecule has 1 rings (SSSR count). The molecule has 0 aromatic carbocycles. The molecule has 1 aromatic rings. The number of nitrogens with zero attached hydrogens (tertiary/aromatic N) is 1. The molecule has 0 bridgehead atoms. The van der Waals surface area contributed by atoms with Crippen LogP contribution in [0.2, 0.25) is 0 Å². The van der Waals surface area contributed by atoms with Crippen LogP contribution in [0.25, 0.3) is 11.7 Å². The van der Waals surface area contributed by atoms with Crippen molar-refractivity contribution in [2.45, 2.75) is 6.92 Å². The third kappa shape index (κ3) is 1.71. The molecule has 1 aromatic heterocycles. The number of hydrogen-bond donors (Lipinski definition) is 1. The van der Waals surface area contributed by atoms with E-state index >= 15 is 0 Å². The van der Waals surface area contributed by atoms with Crippen LogP contribution < -0.4 is 10.6 Å². The van der Waals surface area contributed by atoms with Crippen LogP contribution in [-0.4, -0.2) is 11.2 Å². The van der Waals surface area contributed by atoms with Gasteiger partial charge in [-0.25, -0.2) is 4.99 Å². The van der Waals surface area contributed by atoms with Gasteiger partial charge >= 0.3 is 0 Å². The molecule has 1 N–H and O–H groups in total. The van der Waals surface area contributed by atoms with Gasteiger partial charge in [-0.1, -0.05) is 18.2 Å². The van der Waals surface area contributed by atoms with Crippen molar-refractivity contribution in [3.63, 3.8) is 0 Å². The van der Waals surface area contributed by atoms with Gasteiger partial charge in [0.25, 0.3) is 0 Å². The van der Waals surface area contributed by atoms with E-state index in [9.17, 15) is 0 Å². The fourth-order valence-corrected chi connectivity index (χ4v) is 1.05. The van der Waals surface area contributed by atoms with Gasteiger partial charge in [-0.2, -0.15) is 0 Å². The first kappa shape index (κ1) is 8.08. The van der Waals surface area contributed by atoms with Crippen LogP contribution in [0.1, 0.15) is 6.92 Å². The molecule has 0 saturated carbocycles. The standard InChI is InChI=1S/C8H9ClN2/c1-3-10-8(9)7-6(2)4-5-11-7/h3-5,11H,2H2,1H3/b8-7+,10-3-. The Hall–Kier alpha value is -1.02. The summed E-state index contributed by atoms with van der Waals surface area (Å²) in [5.41, 5.74) is 0. The van der Waals surface area contributed by atoms with Crippen LogP contribution in [0.4, 0.5) is 0 Å². The molecular weight excluding hydrogens is 160 g/mol. The Morgan fingerprint density at radius 1 is 1.82 bits per heavy atom. The zero-order chi connectivity index (χ0) is 8.27. The average molecular weight is 169 g/mol. The van der Waals surface area contributed by atoms with Crippen molar-refractivity contribution in [2.75, 3.05) is 0 Å². The fourth-order valence-electron chi connectivity index (χ4n) is 0.772. The first-order valence-electron chi connectivity index (χ1n) is 3.26. The molecule has 0 aliphatic rings. The first-order valence-corrected chi connectivity index (χ1v) is 3.64. The zero-order valence-electron chi connectivity index (χ0n) is 6.26. The first-order chi connectivity index (χ1) is 5.25. The summed E-state index contributed by atoms with van der Waals surface area (Å²) in [7, 11) is 0. The minimum Gasteiger partial charge on any atom is -0.359 e. The Morgan fingerprint density at radius 2 is 2.55 bits per heavy atom. The Labute approximate surface area is 69.9 Å². The number of hydrogen-bond acceptors (Lipinski definition) is 1. The molecule has 0 unspecified atom stereocenters. The number of halogens is 1. The van der Waals surface area contributed by atoms with E-state index in [1.165, 1.54) is 0 Å². The van der Waals surface area contributed by atoms with Crippen molar-refractivity contribution in [1.29, 1.82) is 0 Å². The zero-order valence-corrected chi connectivity index (χ0v) is 7.02. The van der Waals surface area contributed by atoms with Crippen LogP contribution in [0.5, 0.6) is 0 Å². The van der Waals surface area contributed by atoms with Crippen LogP contribution in [0.3, 0.4) is 0 Å². The Morgan fingerprint density at radius 3 is 3.00 bits per heavy atom. The number of H-pyrrole nitrogens is 1. The summed E-state index contributed by atoms with van der Waals surface area (Å²) in [4.78, 5) is 6.86. The molecule has 0 radical (unpaired) electrons. The van der Waals surface area contributed by atoms with E-state index in [1.54, 1.807) is 12.4 Å². The second-order valence-electron chi connectivity index (χ2n) is 2.06. The largest absolute Gasteiger partial charge is 0.359 e. The Kier molecular flexibility index (Phi) is 2.49. The summed E-state index contributed by atoms with van der Waals surface area (Å²) in [6, 6.07) is 1.85. The van der Waals surface area contributed by atoms with Gasteiger partial charge in [0.15, 0.2) is 5.16 Å². The van der Waals surface area contributed by atoms with E-state index in [1.807, 2.05) is 13.0 Å². The fraction of sp³-hybridized carbons (Fsp3) is 0.125. The van der Waals surface area contributed by atoms with Gasteiger partial charge in [0.2, 0.25) is 0 Å². The van der Waals surface area contributed by atoms with Gasteiger partial charge in [0.1, 0.15) is 0 Å². The summed E-state index contributed by atoms with van der Waals surface area (Å²) < 4.78 is 0. The lowest BCUT2D eigenvalue weighted by Crippen LogP contribution is -2.21. The van der Waals surface area contributed by atoms with E-state index in [-0.39, 0.29) is 0 Å². The van der Waals surface area contributed by atoms with Crippen molar-refractivity contribution in [1.82, 2.24) is 4.98 Å². The van der Waals surface area contributed by atoms with Gasteiger partial charge in [-0.15, -0.1) is 0 Å². The third-order valence-corrected chi connectivity index (χ3v) is 1.57. The molecule has 2 nitrogen and oxygen atoms in total. The Balaban J connectivity index is 3.38. The number of nitrogens with one attached hydrogen (secondary N) is 1. The number of aromatic amines is 1. The third-order valence-electron chi connectivity index (χ3n) is 1.28. The average Bonchev–Trinajstić information content (AvgIpc) is 2.36. The molecule has 11 heavy (non-hydrogen) atoms. The lowest BCUT2D eigenvalue weighted by Gasteiger charge is -1.83. The topological polar surface area (TPSA) is 28.1 Å². The minimum atomic E-state index is 0.447. The van der Waals surface area contributed by atoms with Crippen LogP contribution in [0.15, 0.2) is 17.3 Å². The van der Waals surface area contributed by atoms with Crippen molar-refractivity contribution >= 4 is 29.6 Å². The van der Waals surface area contributed by atoms with Crippen molar-refractivity contribution in [3.05, 3.63) is 22.8 Å². The Bertz CT molecular complexity index is 362. The molecule has 0 amide bonds. The molecule has 0 atom stereocenters. The highest BCUT2D eigenvalue weighted by Crippen LogP contribution is 1.97. The lowest BCUT2D eigenvalue weighted by atomic mass is 10.5. The molecule has 0 spiro atoms. The summed E-state index contributed by atoms with van der Waals surface area (Å²) in [5, 5.41) is 2.09. The molecular formula is C8H9ClN2. The molecule has 0 fully saturated rings. The van der Waals surface area contributed by atoms with Crippen LogP contribution in [-0.2, 0) is 0 Å². The van der Waals surface area contributed by atoms with Gasteiger partial charge in [-0.05, 0) is 18.2 Å². The van der Waals surface area contributed by atoms with Gasteiger partial charge in [0.05, 0.1) is 5.35 Å². The normalized spacial score (nSPS) is 14.0. The highest BCUT2D eigenvalue weighted by Gasteiger charge is 1.89. The maximum Gasteiger partial charge on any atom is 0.152 e. The maximum atomic E-state index is 5.80. The van der Waals surface area contributed by atoms with E-state index in [0.29, 0.717) is 5.16 Å². The molecule has 3 heteroatoms. The summed E-state index contributed by atoms with van der Waals surface area (Å²) in [5.74, 6) is 0. The smallest absolute Gasteiger partial charge is 0.152 e. The molecule has 0 saturated heterocycles. The molecule has 1 heterocycles. The predicted octanol–water partition coefficient (Wildman–Crippen LogP) is 0.820. The van der Waals surface area contributed by atoms with Crippen LogP contribution >= 0.6 is 11.6 Å². The van der Waals surface area contributed by atoms with E-state index in [4.69, 9.17) is 11.6 Å². The van der Waals surface area contributed by atoms with E-state index in [0.717, 1.165) is 10.6 Å². The van der Waals surface area contributed by atoms with Gasteiger partial charge < -0.3 is 4.98 Å². The number of aliphatic imine (C=N–C) groups is 1. The van der Waals surface area contributed by atoms with Crippen molar-refractivity contribution in [2.24, 2.45) is 4.99 Å². The monoisotopic (exact) mass is 168 g/mol. The summed E-state index contributed by atoms with van der Waals surface area (Å²) in [6.45, 7) is 5.59. The van der Waals surface area contributed by atoms with Gasteiger partial charge in [0, 0.05) is 12.4 Å². The molecule has 0 aliphatic heterocycles. The molecule has 58 valence electrons. The van der Waals surface area contributed by atoms with Gasteiger partial charge in [-0.3, -0.25) is 0 Å². The van der Waals surface area contributed by atoms with Crippen LogP contribution in [0, 0.1) is 0 Å². The van der Waals surface area contributed by atoms with Crippen molar-refractivity contribution in [3.8, 4) is 0 Å².